The van der Waals surface area contributed by atoms with Gasteiger partial charge in [0.1, 0.15) is 0 Å². The molecule has 0 aliphatic heterocycles. The monoisotopic (exact) mass is 956 g/mol. The number of aliphatic hydroxyl groups is 2. The lowest BCUT2D eigenvalue weighted by molar-refractivity contribution is -0.143. The lowest BCUT2D eigenvalue weighted by Crippen LogP contribution is -2.45. The van der Waals surface area contributed by atoms with Crippen LogP contribution in [-0.2, 0) is 14.3 Å². The molecule has 0 aliphatic rings. The van der Waals surface area contributed by atoms with Crippen LogP contribution < -0.4 is 5.32 Å². The predicted octanol–water partition coefficient (Wildman–Crippen LogP) is 18.8. The molecule has 3 N–H and O–H groups in total. The molecule has 6 heteroatoms. The number of aliphatic hydroxyl groups excluding tert-OH is 2. The summed E-state index contributed by atoms with van der Waals surface area (Å²) >= 11 is 0. The fourth-order valence-corrected chi connectivity index (χ4v) is 9.27. The maximum absolute atomic E-state index is 12.5. The molecule has 0 spiro atoms. The van der Waals surface area contributed by atoms with E-state index in [1.54, 1.807) is 0 Å². The highest BCUT2D eigenvalue weighted by molar-refractivity contribution is 5.76. The first-order valence-corrected chi connectivity index (χ1v) is 30.2. The van der Waals surface area contributed by atoms with Gasteiger partial charge in [0.25, 0.3) is 0 Å². The van der Waals surface area contributed by atoms with E-state index in [0.29, 0.717) is 32.3 Å². The maximum Gasteiger partial charge on any atom is 0.305 e. The predicted molar refractivity (Wildman–Crippen MR) is 296 cm³/mol. The standard InChI is InChI=1S/C62H117NO5/c1-3-5-7-9-11-13-15-17-19-21-23-24-25-27-30-34-38-42-46-50-54-60(65)59(58-64)63-61(66)55-51-47-43-39-35-31-29-33-37-41-45-49-53-57-68-62(67)56-52-48-44-40-36-32-28-26-22-20-18-16-14-12-10-8-6-4-2/h20,22,31,35,43,47,59-60,64-65H,3-19,21,23-30,32-34,36-42,44-46,48-58H2,1-2H3,(H,63,66)/b22-20-,35-31-,47-43-. The molecule has 0 saturated carbocycles. The van der Waals surface area contributed by atoms with Crippen LogP contribution in [0.2, 0.25) is 0 Å². The number of carbonyl (C=O) groups excluding carboxylic acids is 2. The number of rotatable bonds is 56. The molecule has 0 saturated heterocycles. The van der Waals surface area contributed by atoms with Crippen molar-refractivity contribution < 1.29 is 24.5 Å². The molecule has 0 bridgehead atoms. The zero-order valence-corrected chi connectivity index (χ0v) is 45.6. The van der Waals surface area contributed by atoms with E-state index < -0.39 is 12.1 Å². The van der Waals surface area contributed by atoms with Gasteiger partial charge in [0.05, 0.1) is 25.4 Å². The SMILES string of the molecule is CCCCCCCCC/C=C\CCCCCCCCCC(=O)OCCCCCCCC/C=C\C/C=C\CCC(=O)NC(CO)C(O)CCCCCCCCCCCCCCCCCCCCCC. The van der Waals surface area contributed by atoms with E-state index in [0.717, 1.165) is 51.4 Å². The fraction of sp³-hybridized carbons (Fsp3) is 0.871. The molecule has 0 rings (SSSR count). The van der Waals surface area contributed by atoms with E-state index in [9.17, 15) is 19.8 Å². The molecule has 6 nitrogen and oxygen atoms in total. The molecule has 0 aromatic heterocycles. The van der Waals surface area contributed by atoms with Crippen molar-refractivity contribution in [3.05, 3.63) is 36.5 Å². The summed E-state index contributed by atoms with van der Waals surface area (Å²) < 4.78 is 5.47. The smallest absolute Gasteiger partial charge is 0.305 e. The quantitative estimate of drug-likeness (QED) is 0.0321. The molecule has 0 heterocycles. The first-order valence-electron chi connectivity index (χ1n) is 30.2. The molecule has 0 aromatic carbocycles. The third-order valence-electron chi connectivity index (χ3n) is 13.9. The first-order chi connectivity index (χ1) is 33.5. The van der Waals surface area contributed by atoms with Crippen molar-refractivity contribution in [3.8, 4) is 0 Å². The van der Waals surface area contributed by atoms with Crippen LogP contribution in [-0.4, -0.2) is 47.4 Å². The van der Waals surface area contributed by atoms with Crippen molar-refractivity contribution in [2.45, 2.75) is 334 Å². The highest BCUT2D eigenvalue weighted by Crippen LogP contribution is 2.17. The Kier molecular flexibility index (Phi) is 56.0. The van der Waals surface area contributed by atoms with Crippen LogP contribution in [0, 0.1) is 0 Å². The Bertz CT molecular complexity index is 1100. The third kappa shape index (κ3) is 53.4. The summed E-state index contributed by atoms with van der Waals surface area (Å²) in [5.41, 5.74) is 0. The van der Waals surface area contributed by atoms with E-state index in [-0.39, 0.29) is 18.5 Å². The zero-order valence-electron chi connectivity index (χ0n) is 45.6. The van der Waals surface area contributed by atoms with E-state index in [1.807, 2.05) is 6.08 Å². The lowest BCUT2D eigenvalue weighted by atomic mass is 10.0. The molecule has 68 heavy (non-hydrogen) atoms. The molecular weight excluding hydrogens is 839 g/mol. The number of hydrogen-bond donors (Lipinski definition) is 3. The van der Waals surface area contributed by atoms with Gasteiger partial charge in [-0.2, -0.15) is 0 Å². The van der Waals surface area contributed by atoms with E-state index in [1.165, 1.54) is 231 Å². The van der Waals surface area contributed by atoms with E-state index in [2.05, 4.69) is 49.5 Å². The average Bonchev–Trinajstić information content (AvgIpc) is 3.34. The van der Waals surface area contributed by atoms with Crippen molar-refractivity contribution in [2.75, 3.05) is 13.2 Å². The number of esters is 1. The number of carbonyl (C=O) groups is 2. The molecule has 2 unspecified atom stereocenters. The van der Waals surface area contributed by atoms with Crippen molar-refractivity contribution in [2.24, 2.45) is 0 Å². The second-order valence-electron chi connectivity index (χ2n) is 20.7. The minimum Gasteiger partial charge on any atom is -0.466 e. The van der Waals surface area contributed by atoms with Crippen LogP contribution in [0.3, 0.4) is 0 Å². The Morgan fingerprint density at radius 3 is 1.16 bits per heavy atom. The molecule has 0 aliphatic carbocycles. The summed E-state index contributed by atoms with van der Waals surface area (Å²) in [6, 6.07) is -0.587. The van der Waals surface area contributed by atoms with Gasteiger partial charge >= 0.3 is 5.97 Å². The Morgan fingerprint density at radius 1 is 0.412 bits per heavy atom. The van der Waals surface area contributed by atoms with E-state index in [4.69, 9.17) is 4.74 Å². The Hall–Kier alpha value is -1.92. The van der Waals surface area contributed by atoms with Gasteiger partial charge in [-0.25, -0.2) is 0 Å². The van der Waals surface area contributed by atoms with Gasteiger partial charge in [-0.15, -0.1) is 0 Å². The van der Waals surface area contributed by atoms with Crippen LogP contribution in [0.4, 0.5) is 0 Å². The summed E-state index contributed by atoms with van der Waals surface area (Å²) in [6.45, 7) is 4.90. The van der Waals surface area contributed by atoms with Gasteiger partial charge in [0, 0.05) is 12.8 Å². The molecule has 0 radical (unpaired) electrons. The Labute approximate surface area is 424 Å². The second-order valence-corrected chi connectivity index (χ2v) is 20.7. The summed E-state index contributed by atoms with van der Waals surface area (Å²) in [5.74, 6) is -0.133. The number of hydrogen-bond acceptors (Lipinski definition) is 5. The minimum atomic E-state index is -0.700. The highest BCUT2D eigenvalue weighted by Gasteiger charge is 2.19. The average molecular weight is 957 g/mol. The molecule has 0 aromatic rings. The third-order valence-corrected chi connectivity index (χ3v) is 13.9. The summed E-state index contributed by atoms with van der Waals surface area (Å²) in [6.07, 6.45) is 71.5. The zero-order chi connectivity index (χ0) is 49.3. The van der Waals surface area contributed by atoms with Crippen LogP contribution in [0.15, 0.2) is 36.5 Å². The summed E-state index contributed by atoms with van der Waals surface area (Å²) in [7, 11) is 0. The summed E-state index contributed by atoms with van der Waals surface area (Å²) in [5, 5.41) is 23.3. The fourth-order valence-electron chi connectivity index (χ4n) is 9.27. The topological polar surface area (TPSA) is 95.9 Å². The van der Waals surface area contributed by atoms with Crippen molar-refractivity contribution in [1.82, 2.24) is 5.32 Å². The first kappa shape index (κ1) is 66.1. The van der Waals surface area contributed by atoms with Gasteiger partial charge < -0.3 is 20.3 Å². The second kappa shape index (κ2) is 57.7. The maximum atomic E-state index is 12.5. The molecule has 2 atom stereocenters. The minimum absolute atomic E-state index is 0.0194. The number of nitrogens with one attached hydrogen (secondary N) is 1. The Morgan fingerprint density at radius 2 is 0.750 bits per heavy atom. The molecule has 0 fully saturated rings. The van der Waals surface area contributed by atoms with Crippen LogP contribution in [0.5, 0.6) is 0 Å². The van der Waals surface area contributed by atoms with Gasteiger partial charge in [0.2, 0.25) is 5.91 Å². The van der Waals surface area contributed by atoms with Gasteiger partial charge in [-0.05, 0) is 70.6 Å². The molecule has 400 valence electrons. The van der Waals surface area contributed by atoms with Gasteiger partial charge in [-0.3, -0.25) is 9.59 Å². The van der Waals surface area contributed by atoms with Crippen LogP contribution in [0.25, 0.3) is 0 Å². The number of unbranched alkanes of at least 4 members (excludes halogenated alkanes) is 39. The van der Waals surface area contributed by atoms with Crippen molar-refractivity contribution in [3.63, 3.8) is 0 Å². The lowest BCUT2D eigenvalue weighted by Gasteiger charge is -2.22. The molecular formula is C62H117NO5. The van der Waals surface area contributed by atoms with Gasteiger partial charge in [-0.1, -0.05) is 275 Å². The molecule has 1 amide bonds. The Balaban J connectivity index is 3.52. The van der Waals surface area contributed by atoms with Crippen molar-refractivity contribution >= 4 is 11.9 Å². The van der Waals surface area contributed by atoms with Crippen molar-refractivity contribution in [1.29, 1.82) is 0 Å². The largest absolute Gasteiger partial charge is 0.466 e. The summed E-state index contributed by atoms with van der Waals surface area (Å²) in [4.78, 5) is 24.5. The normalized spacial score (nSPS) is 12.8. The number of ether oxygens (including phenoxy) is 1. The number of amides is 1. The van der Waals surface area contributed by atoms with Crippen LogP contribution in [0.1, 0.15) is 322 Å². The highest BCUT2D eigenvalue weighted by atomic mass is 16.5. The number of allylic oxidation sites excluding steroid dienone is 6. The van der Waals surface area contributed by atoms with Crippen LogP contribution >= 0.6 is 0 Å². The van der Waals surface area contributed by atoms with Gasteiger partial charge in [0.15, 0.2) is 0 Å². The van der Waals surface area contributed by atoms with E-state index >= 15 is 0 Å².